The van der Waals surface area contributed by atoms with E-state index in [1.807, 2.05) is 6.92 Å². The van der Waals surface area contributed by atoms with Crippen LogP contribution in [0.15, 0.2) is 29.2 Å². The topological polar surface area (TPSA) is 116 Å². The van der Waals surface area contributed by atoms with Crippen LogP contribution < -0.4 is 10.5 Å². The SMILES string of the molecule is CCC(C)OC(=O)CN1C(=O)SC(=Cc2ccccc2OCC(N)=O)C1=O. The zero-order chi connectivity index (χ0) is 20.0. The summed E-state index contributed by atoms with van der Waals surface area (Å²) >= 11 is 0.720. The van der Waals surface area contributed by atoms with Crippen LogP contribution in [0.25, 0.3) is 6.08 Å². The van der Waals surface area contributed by atoms with Crippen molar-refractivity contribution in [3.63, 3.8) is 0 Å². The normalized spacial score (nSPS) is 16.5. The first-order valence-corrected chi connectivity index (χ1v) is 9.08. The van der Waals surface area contributed by atoms with E-state index in [9.17, 15) is 19.2 Å². The number of carbonyl (C=O) groups is 4. The third kappa shape index (κ3) is 5.58. The summed E-state index contributed by atoms with van der Waals surface area (Å²) in [4.78, 5) is 48.3. The average Bonchev–Trinajstić information content (AvgIpc) is 2.88. The van der Waals surface area contributed by atoms with Gasteiger partial charge in [-0.2, -0.15) is 0 Å². The monoisotopic (exact) mass is 392 g/mol. The molecule has 144 valence electrons. The second-order valence-corrected chi connectivity index (χ2v) is 6.76. The summed E-state index contributed by atoms with van der Waals surface area (Å²) < 4.78 is 10.4. The van der Waals surface area contributed by atoms with Crippen molar-refractivity contribution in [3.05, 3.63) is 34.7 Å². The lowest BCUT2D eigenvalue weighted by atomic mass is 10.2. The quantitative estimate of drug-likeness (QED) is 0.531. The van der Waals surface area contributed by atoms with Crippen LogP contribution in [-0.2, 0) is 19.1 Å². The Bertz CT molecular complexity index is 792. The lowest BCUT2D eigenvalue weighted by molar-refractivity contribution is -0.150. The van der Waals surface area contributed by atoms with Gasteiger partial charge in [-0.3, -0.25) is 24.1 Å². The van der Waals surface area contributed by atoms with Gasteiger partial charge >= 0.3 is 5.97 Å². The maximum absolute atomic E-state index is 12.5. The molecule has 1 aliphatic rings. The third-order valence-corrected chi connectivity index (χ3v) is 4.55. The molecule has 0 saturated carbocycles. The highest BCUT2D eigenvalue weighted by Crippen LogP contribution is 2.33. The van der Waals surface area contributed by atoms with Gasteiger partial charge in [0.25, 0.3) is 17.1 Å². The number of carbonyl (C=O) groups excluding carboxylic acids is 4. The predicted octanol–water partition coefficient (Wildman–Crippen LogP) is 1.93. The Kier molecular flexibility index (Phi) is 7.00. The van der Waals surface area contributed by atoms with Crippen molar-refractivity contribution in [1.82, 2.24) is 4.90 Å². The number of para-hydroxylation sites is 1. The number of imide groups is 1. The molecule has 0 spiro atoms. The molecule has 1 unspecified atom stereocenters. The molecule has 1 heterocycles. The van der Waals surface area contributed by atoms with Crippen molar-refractivity contribution in [2.45, 2.75) is 26.4 Å². The Morgan fingerprint density at radius 3 is 2.67 bits per heavy atom. The van der Waals surface area contributed by atoms with Gasteiger partial charge in [-0.05, 0) is 37.2 Å². The van der Waals surface area contributed by atoms with E-state index in [-0.39, 0.29) is 17.6 Å². The van der Waals surface area contributed by atoms with Crippen LogP contribution >= 0.6 is 11.8 Å². The van der Waals surface area contributed by atoms with Crippen LogP contribution in [0.1, 0.15) is 25.8 Å². The van der Waals surface area contributed by atoms with Crippen LogP contribution in [0.5, 0.6) is 5.75 Å². The third-order valence-electron chi connectivity index (χ3n) is 3.64. The molecule has 9 heteroatoms. The number of rotatable bonds is 8. The Balaban J connectivity index is 2.14. The minimum atomic E-state index is -0.641. The number of hydrogen-bond acceptors (Lipinski definition) is 7. The summed E-state index contributed by atoms with van der Waals surface area (Å²) in [5, 5.41) is -0.553. The van der Waals surface area contributed by atoms with Crippen molar-refractivity contribution in [2.75, 3.05) is 13.2 Å². The van der Waals surface area contributed by atoms with Crippen molar-refractivity contribution in [2.24, 2.45) is 5.73 Å². The van der Waals surface area contributed by atoms with E-state index in [1.54, 1.807) is 31.2 Å². The fourth-order valence-corrected chi connectivity index (χ4v) is 2.96. The second-order valence-electron chi connectivity index (χ2n) is 5.77. The number of esters is 1. The first kappa shape index (κ1) is 20.5. The lowest BCUT2D eigenvalue weighted by Crippen LogP contribution is -2.35. The second kappa shape index (κ2) is 9.22. The van der Waals surface area contributed by atoms with Gasteiger partial charge in [0.15, 0.2) is 6.61 Å². The number of ether oxygens (including phenoxy) is 2. The maximum Gasteiger partial charge on any atom is 0.326 e. The van der Waals surface area contributed by atoms with Gasteiger partial charge in [0.2, 0.25) is 0 Å². The number of benzene rings is 1. The average molecular weight is 392 g/mol. The maximum atomic E-state index is 12.5. The highest BCUT2D eigenvalue weighted by atomic mass is 32.2. The molecule has 0 aromatic heterocycles. The molecule has 1 saturated heterocycles. The Hall–Kier alpha value is -2.81. The van der Waals surface area contributed by atoms with E-state index in [2.05, 4.69) is 0 Å². The number of hydrogen-bond donors (Lipinski definition) is 1. The zero-order valence-electron chi connectivity index (χ0n) is 15.0. The summed E-state index contributed by atoms with van der Waals surface area (Å²) in [6, 6.07) is 6.70. The van der Waals surface area contributed by atoms with Gasteiger partial charge in [-0.15, -0.1) is 0 Å². The summed E-state index contributed by atoms with van der Waals surface area (Å²) in [5.41, 5.74) is 5.58. The molecule has 1 atom stereocenters. The number of thioether (sulfide) groups is 1. The van der Waals surface area contributed by atoms with Crippen LogP contribution in [0.3, 0.4) is 0 Å². The predicted molar refractivity (Wildman–Crippen MR) is 99.7 cm³/mol. The molecular weight excluding hydrogens is 372 g/mol. The summed E-state index contributed by atoms with van der Waals surface area (Å²) in [6.07, 6.45) is 1.82. The molecule has 2 N–H and O–H groups in total. The summed E-state index contributed by atoms with van der Waals surface area (Å²) in [6.45, 7) is 2.84. The smallest absolute Gasteiger partial charge is 0.326 e. The molecular formula is C18H20N2O6S. The van der Waals surface area contributed by atoms with E-state index in [0.717, 1.165) is 16.7 Å². The molecule has 0 bridgehead atoms. The van der Waals surface area contributed by atoms with Crippen LogP contribution in [0.2, 0.25) is 0 Å². The largest absolute Gasteiger partial charge is 0.483 e. The van der Waals surface area contributed by atoms with E-state index in [1.165, 1.54) is 6.08 Å². The van der Waals surface area contributed by atoms with Crippen LogP contribution in [0, 0.1) is 0 Å². The van der Waals surface area contributed by atoms with Crippen molar-refractivity contribution in [1.29, 1.82) is 0 Å². The highest BCUT2D eigenvalue weighted by Gasteiger charge is 2.37. The van der Waals surface area contributed by atoms with Crippen molar-refractivity contribution < 1.29 is 28.7 Å². The molecule has 27 heavy (non-hydrogen) atoms. The van der Waals surface area contributed by atoms with Crippen LogP contribution in [-0.4, -0.2) is 47.2 Å². The Labute approximate surface area is 160 Å². The standard InChI is InChI=1S/C18H20N2O6S/c1-3-11(2)26-16(22)9-20-17(23)14(27-18(20)24)8-12-6-4-5-7-13(12)25-10-15(19)21/h4-8,11H,3,9-10H2,1-2H3,(H2,19,21). The first-order valence-electron chi connectivity index (χ1n) is 8.26. The van der Waals surface area contributed by atoms with Gasteiger partial charge in [0.1, 0.15) is 12.3 Å². The van der Waals surface area contributed by atoms with Crippen LogP contribution in [0.4, 0.5) is 4.79 Å². The Morgan fingerprint density at radius 1 is 1.30 bits per heavy atom. The molecule has 1 aromatic rings. The molecule has 3 amide bonds. The minimum absolute atomic E-state index is 0.145. The number of amides is 3. The number of nitrogens with zero attached hydrogens (tertiary/aromatic N) is 1. The molecule has 2 rings (SSSR count). The fourth-order valence-electron chi connectivity index (χ4n) is 2.13. The van der Waals surface area contributed by atoms with E-state index in [0.29, 0.717) is 17.7 Å². The molecule has 0 aliphatic carbocycles. The van der Waals surface area contributed by atoms with E-state index in [4.69, 9.17) is 15.2 Å². The summed E-state index contributed by atoms with van der Waals surface area (Å²) in [7, 11) is 0. The molecule has 1 aliphatic heterocycles. The first-order chi connectivity index (χ1) is 12.8. The zero-order valence-corrected chi connectivity index (χ0v) is 15.8. The van der Waals surface area contributed by atoms with Gasteiger partial charge in [0, 0.05) is 5.56 Å². The van der Waals surface area contributed by atoms with Gasteiger partial charge in [0.05, 0.1) is 11.0 Å². The molecule has 0 radical (unpaired) electrons. The van der Waals surface area contributed by atoms with Gasteiger partial charge in [-0.25, -0.2) is 0 Å². The number of nitrogens with two attached hydrogens (primary N) is 1. The van der Waals surface area contributed by atoms with Crippen molar-refractivity contribution in [3.8, 4) is 5.75 Å². The van der Waals surface area contributed by atoms with Crippen molar-refractivity contribution >= 4 is 40.9 Å². The minimum Gasteiger partial charge on any atom is -0.483 e. The number of primary amides is 1. The van der Waals surface area contributed by atoms with E-state index >= 15 is 0 Å². The molecule has 1 aromatic carbocycles. The van der Waals surface area contributed by atoms with Gasteiger partial charge < -0.3 is 15.2 Å². The highest BCUT2D eigenvalue weighted by molar-refractivity contribution is 8.18. The fraction of sp³-hybridized carbons (Fsp3) is 0.333. The lowest BCUT2D eigenvalue weighted by Gasteiger charge is -2.14. The Morgan fingerprint density at radius 2 is 2.00 bits per heavy atom. The molecule has 8 nitrogen and oxygen atoms in total. The van der Waals surface area contributed by atoms with Gasteiger partial charge in [-0.1, -0.05) is 25.1 Å². The van der Waals surface area contributed by atoms with E-state index < -0.39 is 29.6 Å². The summed E-state index contributed by atoms with van der Waals surface area (Å²) in [5.74, 6) is -1.52. The molecule has 1 fully saturated rings.